The predicted molar refractivity (Wildman–Crippen MR) is 107 cm³/mol. The number of fused-ring (bicyclic) bond motifs is 1. The van der Waals surface area contributed by atoms with Crippen molar-refractivity contribution in [1.82, 2.24) is 15.1 Å². The standard InChI is InChI=1S/C23H22FN3O/c1-12(16-5-4-6-18(24)9-16)19-10-17(21-13(2)27-28-14(21)3)11-20-22(19)26-23(25-20)15-7-8-15/h4-6,9-12,15H,7-8H2,1-3H3,(H,25,26). The number of imidazole rings is 1. The van der Waals surface area contributed by atoms with Gasteiger partial charge in [-0.2, -0.15) is 0 Å². The van der Waals surface area contributed by atoms with Gasteiger partial charge < -0.3 is 9.51 Å². The minimum absolute atomic E-state index is 0.0196. The van der Waals surface area contributed by atoms with Gasteiger partial charge in [0, 0.05) is 17.4 Å². The van der Waals surface area contributed by atoms with Crippen LogP contribution in [-0.2, 0) is 0 Å². The van der Waals surface area contributed by atoms with E-state index in [9.17, 15) is 4.39 Å². The van der Waals surface area contributed by atoms with Gasteiger partial charge in [-0.15, -0.1) is 0 Å². The van der Waals surface area contributed by atoms with E-state index in [1.807, 2.05) is 19.9 Å². The fourth-order valence-corrected chi connectivity index (χ4v) is 4.05. The third-order valence-corrected chi connectivity index (χ3v) is 5.74. The van der Waals surface area contributed by atoms with Gasteiger partial charge in [0.15, 0.2) is 0 Å². The molecule has 1 aliphatic rings. The number of halogens is 1. The fraction of sp³-hybridized carbons (Fsp3) is 0.304. The molecule has 2 aromatic carbocycles. The summed E-state index contributed by atoms with van der Waals surface area (Å²) in [6.45, 7) is 5.99. The van der Waals surface area contributed by atoms with Crippen LogP contribution in [0.15, 0.2) is 40.9 Å². The first-order valence-electron chi connectivity index (χ1n) is 9.73. The average Bonchev–Trinajstić information content (AvgIpc) is 3.36. The van der Waals surface area contributed by atoms with Crippen LogP contribution in [0.2, 0.25) is 0 Å². The summed E-state index contributed by atoms with van der Waals surface area (Å²) in [5.74, 6) is 2.18. The van der Waals surface area contributed by atoms with E-state index in [0.717, 1.165) is 50.6 Å². The van der Waals surface area contributed by atoms with Crippen LogP contribution in [0, 0.1) is 19.7 Å². The van der Waals surface area contributed by atoms with E-state index in [4.69, 9.17) is 9.51 Å². The lowest BCUT2D eigenvalue weighted by Crippen LogP contribution is -1.99. The Balaban J connectivity index is 1.73. The zero-order chi connectivity index (χ0) is 19.4. The van der Waals surface area contributed by atoms with E-state index in [2.05, 4.69) is 29.2 Å². The molecule has 0 spiro atoms. The van der Waals surface area contributed by atoms with Gasteiger partial charge in [-0.1, -0.05) is 24.2 Å². The molecule has 1 aliphatic carbocycles. The van der Waals surface area contributed by atoms with Gasteiger partial charge in [0.25, 0.3) is 0 Å². The third-order valence-electron chi connectivity index (χ3n) is 5.74. The maximum atomic E-state index is 13.8. The number of aromatic amines is 1. The maximum Gasteiger partial charge on any atom is 0.141 e. The zero-order valence-electron chi connectivity index (χ0n) is 16.2. The van der Waals surface area contributed by atoms with Gasteiger partial charge in [0.2, 0.25) is 0 Å². The van der Waals surface area contributed by atoms with Crippen molar-refractivity contribution in [3.8, 4) is 11.1 Å². The Kier molecular flexibility index (Phi) is 3.86. The maximum absolute atomic E-state index is 13.8. The predicted octanol–water partition coefficient (Wildman–Crippen LogP) is 6.00. The van der Waals surface area contributed by atoms with Crippen LogP contribution in [0.5, 0.6) is 0 Å². The van der Waals surface area contributed by atoms with Gasteiger partial charge >= 0.3 is 0 Å². The first-order chi connectivity index (χ1) is 13.5. The van der Waals surface area contributed by atoms with E-state index in [1.165, 1.54) is 18.9 Å². The van der Waals surface area contributed by atoms with Crippen LogP contribution < -0.4 is 0 Å². The molecular weight excluding hydrogens is 353 g/mol. The Hall–Kier alpha value is -2.95. The number of nitrogens with one attached hydrogen (secondary N) is 1. The van der Waals surface area contributed by atoms with Gasteiger partial charge in [-0.25, -0.2) is 9.37 Å². The Morgan fingerprint density at radius 2 is 2.00 bits per heavy atom. The molecule has 2 aromatic heterocycles. The Labute approximate surface area is 162 Å². The van der Waals surface area contributed by atoms with Crippen LogP contribution in [0.1, 0.15) is 60.0 Å². The second-order valence-corrected chi connectivity index (χ2v) is 7.83. The van der Waals surface area contributed by atoms with Crippen LogP contribution in [0.3, 0.4) is 0 Å². The van der Waals surface area contributed by atoms with Gasteiger partial charge in [0.1, 0.15) is 17.4 Å². The second-order valence-electron chi connectivity index (χ2n) is 7.83. The SMILES string of the molecule is Cc1noc(C)c1-c1cc(C(C)c2cccc(F)c2)c2[nH]c(C3CC3)nc2c1. The molecule has 2 heterocycles. The number of H-pyrrole nitrogens is 1. The smallest absolute Gasteiger partial charge is 0.141 e. The van der Waals surface area contributed by atoms with Crippen molar-refractivity contribution in [3.63, 3.8) is 0 Å². The summed E-state index contributed by atoms with van der Waals surface area (Å²) in [7, 11) is 0. The minimum atomic E-state index is -0.217. The van der Waals surface area contributed by atoms with E-state index in [-0.39, 0.29) is 11.7 Å². The highest BCUT2D eigenvalue weighted by molar-refractivity contribution is 5.87. The number of aryl methyl sites for hydroxylation is 2. The number of rotatable bonds is 4. The molecule has 1 N–H and O–H groups in total. The Morgan fingerprint density at radius 1 is 1.18 bits per heavy atom. The number of benzene rings is 2. The molecule has 5 rings (SSSR count). The van der Waals surface area contributed by atoms with Crippen LogP contribution in [-0.4, -0.2) is 15.1 Å². The van der Waals surface area contributed by atoms with Gasteiger partial charge in [-0.3, -0.25) is 0 Å². The molecule has 4 aromatic rings. The van der Waals surface area contributed by atoms with E-state index < -0.39 is 0 Å². The monoisotopic (exact) mass is 375 g/mol. The summed E-state index contributed by atoms with van der Waals surface area (Å²) < 4.78 is 19.2. The lowest BCUT2D eigenvalue weighted by molar-refractivity contribution is 0.393. The van der Waals surface area contributed by atoms with Gasteiger partial charge in [-0.05, 0) is 67.6 Å². The first-order valence-corrected chi connectivity index (χ1v) is 9.73. The minimum Gasteiger partial charge on any atom is -0.361 e. The molecule has 142 valence electrons. The molecule has 5 heteroatoms. The highest BCUT2D eigenvalue weighted by Crippen LogP contribution is 2.41. The average molecular weight is 375 g/mol. The van der Waals surface area contributed by atoms with Crippen molar-refractivity contribution in [3.05, 3.63) is 70.6 Å². The zero-order valence-corrected chi connectivity index (χ0v) is 16.2. The van der Waals surface area contributed by atoms with E-state index >= 15 is 0 Å². The van der Waals surface area contributed by atoms with Crippen molar-refractivity contribution in [2.24, 2.45) is 0 Å². The summed E-state index contributed by atoms with van der Waals surface area (Å²) in [6.07, 6.45) is 2.37. The summed E-state index contributed by atoms with van der Waals surface area (Å²) >= 11 is 0. The second kappa shape index (κ2) is 6.30. The highest BCUT2D eigenvalue weighted by Gasteiger charge is 2.28. The first kappa shape index (κ1) is 17.2. The highest BCUT2D eigenvalue weighted by atomic mass is 19.1. The molecule has 0 bridgehead atoms. The summed E-state index contributed by atoms with van der Waals surface area (Å²) in [5.41, 5.74) is 6.93. The van der Waals surface area contributed by atoms with E-state index in [0.29, 0.717) is 5.92 Å². The molecule has 1 atom stereocenters. The summed E-state index contributed by atoms with van der Waals surface area (Å²) in [6, 6.07) is 11.1. The Bertz CT molecular complexity index is 1170. The molecule has 0 radical (unpaired) electrons. The largest absolute Gasteiger partial charge is 0.361 e. The number of nitrogens with zero attached hydrogens (tertiary/aromatic N) is 2. The molecule has 0 aliphatic heterocycles. The van der Waals surface area contributed by atoms with Crippen LogP contribution >= 0.6 is 0 Å². The molecule has 1 unspecified atom stereocenters. The van der Waals surface area contributed by atoms with Crippen molar-refractivity contribution < 1.29 is 8.91 Å². The molecule has 28 heavy (non-hydrogen) atoms. The number of hydrogen-bond acceptors (Lipinski definition) is 3. The Morgan fingerprint density at radius 3 is 2.68 bits per heavy atom. The molecule has 1 fully saturated rings. The van der Waals surface area contributed by atoms with Crippen LogP contribution in [0.4, 0.5) is 4.39 Å². The summed E-state index contributed by atoms with van der Waals surface area (Å²) in [4.78, 5) is 8.43. The molecule has 0 amide bonds. The quantitative estimate of drug-likeness (QED) is 0.476. The lowest BCUT2D eigenvalue weighted by atomic mass is 9.89. The number of hydrogen-bond donors (Lipinski definition) is 1. The molecule has 4 nitrogen and oxygen atoms in total. The molecular formula is C23H22FN3O. The van der Waals surface area contributed by atoms with Crippen molar-refractivity contribution in [2.75, 3.05) is 0 Å². The fourth-order valence-electron chi connectivity index (χ4n) is 4.05. The van der Waals surface area contributed by atoms with Crippen molar-refractivity contribution in [1.29, 1.82) is 0 Å². The van der Waals surface area contributed by atoms with Crippen molar-refractivity contribution in [2.45, 2.75) is 45.4 Å². The topological polar surface area (TPSA) is 54.7 Å². The normalized spacial score (nSPS) is 15.3. The van der Waals surface area contributed by atoms with E-state index in [1.54, 1.807) is 12.1 Å². The number of aromatic nitrogens is 3. The van der Waals surface area contributed by atoms with Crippen molar-refractivity contribution >= 4 is 11.0 Å². The van der Waals surface area contributed by atoms with Gasteiger partial charge in [0.05, 0.1) is 16.7 Å². The van der Waals surface area contributed by atoms with Crippen LogP contribution in [0.25, 0.3) is 22.2 Å². The lowest BCUT2D eigenvalue weighted by Gasteiger charge is -2.15. The molecule has 0 saturated heterocycles. The third kappa shape index (κ3) is 2.82. The molecule has 1 saturated carbocycles. The summed E-state index contributed by atoms with van der Waals surface area (Å²) in [5, 5.41) is 4.11.